The maximum absolute atomic E-state index is 6.31. The third-order valence-electron chi connectivity index (χ3n) is 4.50. The standard InChI is InChI=1S/C19H29ClN4O3.HI/c1-2-21-19(23-5-6-24-7-9-25-10-8-24)22-4-3-15-13-16(20)18-17(14-15)26-11-12-27-18;/h13-14H,2-12H2,1H3,(H2,21,22,23);1H. The lowest BCUT2D eigenvalue weighted by molar-refractivity contribution is 0.0394. The van der Waals surface area contributed by atoms with Crippen molar-refractivity contribution in [2.45, 2.75) is 13.3 Å². The highest BCUT2D eigenvalue weighted by Gasteiger charge is 2.16. The zero-order chi connectivity index (χ0) is 18.9. The zero-order valence-corrected chi connectivity index (χ0v) is 19.4. The Kier molecular flexibility index (Phi) is 10.5. The normalized spacial score (nSPS) is 17.0. The zero-order valence-electron chi connectivity index (χ0n) is 16.3. The number of hydrogen-bond acceptors (Lipinski definition) is 5. The fraction of sp³-hybridized carbons (Fsp3) is 0.632. The van der Waals surface area contributed by atoms with Crippen molar-refractivity contribution in [3.05, 3.63) is 22.7 Å². The van der Waals surface area contributed by atoms with Gasteiger partial charge in [-0.3, -0.25) is 9.89 Å². The topological polar surface area (TPSA) is 67.4 Å². The van der Waals surface area contributed by atoms with Gasteiger partial charge < -0.3 is 24.8 Å². The molecule has 2 aliphatic rings. The molecular formula is C19H30ClIN4O3. The van der Waals surface area contributed by atoms with Crippen LogP contribution in [-0.4, -0.2) is 76.6 Å². The summed E-state index contributed by atoms with van der Waals surface area (Å²) < 4.78 is 16.6. The van der Waals surface area contributed by atoms with E-state index in [0.717, 1.165) is 76.2 Å². The third kappa shape index (κ3) is 7.13. The molecule has 2 heterocycles. The first kappa shape index (κ1) is 23.3. The number of rotatable bonds is 7. The van der Waals surface area contributed by atoms with Crippen LogP contribution in [0.2, 0.25) is 5.02 Å². The number of guanidine groups is 1. The summed E-state index contributed by atoms with van der Waals surface area (Å²) in [7, 11) is 0. The highest BCUT2D eigenvalue weighted by Crippen LogP contribution is 2.38. The Bertz CT molecular complexity index is 642. The molecule has 1 aromatic rings. The Morgan fingerprint density at radius 2 is 1.93 bits per heavy atom. The van der Waals surface area contributed by atoms with Crippen molar-refractivity contribution < 1.29 is 14.2 Å². The molecule has 28 heavy (non-hydrogen) atoms. The Morgan fingerprint density at radius 1 is 1.14 bits per heavy atom. The molecule has 1 saturated heterocycles. The molecule has 0 amide bonds. The number of nitrogens with one attached hydrogen (secondary N) is 2. The van der Waals surface area contributed by atoms with E-state index in [9.17, 15) is 0 Å². The molecule has 0 bridgehead atoms. The second kappa shape index (κ2) is 12.6. The summed E-state index contributed by atoms with van der Waals surface area (Å²) in [5.41, 5.74) is 1.11. The van der Waals surface area contributed by atoms with Crippen LogP contribution in [0.3, 0.4) is 0 Å². The van der Waals surface area contributed by atoms with E-state index in [1.54, 1.807) is 0 Å². The monoisotopic (exact) mass is 524 g/mol. The van der Waals surface area contributed by atoms with E-state index in [-0.39, 0.29) is 24.0 Å². The molecule has 1 fully saturated rings. The average Bonchev–Trinajstić information content (AvgIpc) is 2.69. The number of ether oxygens (including phenoxy) is 3. The molecule has 7 nitrogen and oxygen atoms in total. The summed E-state index contributed by atoms with van der Waals surface area (Å²) in [5.74, 6) is 2.22. The quantitative estimate of drug-likeness (QED) is 0.324. The van der Waals surface area contributed by atoms with Gasteiger partial charge in [0.1, 0.15) is 13.2 Å². The van der Waals surface area contributed by atoms with Crippen LogP contribution in [0.15, 0.2) is 17.1 Å². The third-order valence-corrected chi connectivity index (χ3v) is 4.78. The van der Waals surface area contributed by atoms with Gasteiger partial charge in [0.2, 0.25) is 0 Å². The van der Waals surface area contributed by atoms with Gasteiger partial charge in [-0.25, -0.2) is 0 Å². The van der Waals surface area contributed by atoms with Gasteiger partial charge in [0.25, 0.3) is 0 Å². The smallest absolute Gasteiger partial charge is 0.191 e. The van der Waals surface area contributed by atoms with E-state index in [2.05, 4.69) is 27.4 Å². The summed E-state index contributed by atoms with van der Waals surface area (Å²) in [6, 6.07) is 3.95. The van der Waals surface area contributed by atoms with Gasteiger partial charge in [0.05, 0.1) is 24.8 Å². The first-order valence-electron chi connectivity index (χ1n) is 9.66. The summed E-state index contributed by atoms with van der Waals surface area (Å²) in [5, 5.41) is 7.28. The minimum Gasteiger partial charge on any atom is -0.486 e. The number of hydrogen-bond donors (Lipinski definition) is 2. The highest BCUT2D eigenvalue weighted by atomic mass is 127. The van der Waals surface area contributed by atoms with E-state index in [4.69, 9.17) is 25.8 Å². The van der Waals surface area contributed by atoms with Crippen LogP contribution in [0.4, 0.5) is 0 Å². The van der Waals surface area contributed by atoms with Gasteiger partial charge in [0.15, 0.2) is 17.5 Å². The minimum atomic E-state index is 0. The molecule has 0 unspecified atom stereocenters. The fourth-order valence-corrected chi connectivity index (χ4v) is 3.39. The lowest BCUT2D eigenvalue weighted by atomic mass is 10.1. The Balaban J connectivity index is 0.00000280. The predicted octanol–water partition coefficient (Wildman–Crippen LogP) is 2.16. The number of nitrogens with zero attached hydrogens (tertiary/aromatic N) is 2. The van der Waals surface area contributed by atoms with Gasteiger partial charge in [-0.15, -0.1) is 24.0 Å². The molecular weight excluding hydrogens is 495 g/mol. The highest BCUT2D eigenvalue weighted by molar-refractivity contribution is 14.0. The van der Waals surface area contributed by atoms with Crippen molar-refractivity contribution in [3.63, 3.8) is 0 Å². The van der Waals surface area contributed by atoms with E-state index < -0.39 is 0 Å². The average molecular weight is 525 g/mol. The number of morpholine rings is 1. The molecule has 2 N–H and O–H groups in total. The van der Waals surface area contributed by atoms with Crippen LogP contribution < -0.4 is 20.1 Å². The van der Waals surface area contributed by atoms with Crippen molar-refractivity contribution in [3.8, 4) is 11.5 Å². The van der Waals surface area contributed by atoms with E-state index in [0.29, 0.717) is 24.0 Å². The molecule has 1 aromatic carbocycles. The van der Waals surface area contributed by atoms with Crippen LogP contribution in [0, 0.1) is 0 Å². The van der Waals surface area contributed by atoms with Gasteiger partial charge in [0, 0.05) is 32.7 Å². The van der Waals surface area contributed by atoms with Gasteiger partial charge in [-0.2, -0.15) is 0 Å². The molecule has 3 rings (SSSR count). The van der Waals surface area contributed by atoms with Crippen LogP contribution in [0.1, 0.15) is 12.5 Å². The van der Waals surface area contributed by atoms with Crippen molar-refractivity contribution in [2.75, 3.05) is 65.7 Å². The van der Waals surface area contributed by atoms with Crippen LogP contribution in [0.5, 0.6) is 11.5 Å². The van der Waals surface area contributed by atoms with Crippen molar-refractivity contribution >= 4 is 41.5 Å². The SMILES string of the molecule is CCNC(=NCCN1CCOCC1)NCCc1cc(Cl)c2c(c1)OCCO2.I. The second-order valence-corrected chi connectivity index (χ2v) is 6.90. The van der Waals surface area contributed by atoms with E-state index in [1.807, 2.05) is 12.1 Å². The predicted molar refractivity (Wildman–Crippen MR) is 123 cm³/mol. The number of fused-ring (bicyclic) bond motifs is 1. The molecule has 0 atom stereocenters. The molecule has 0 aliphatic carbocycles. The van der Waals surface area contributed by atoms with Gasteiger partial charge in [-0.1, -0.05) is 11.6 Å². The Hall–Kier alpha value is -0.970. The Morgan fingerprint density at radius 3 is 2.71 bits per heavy atom. The Labute approximate surface area is 189 Å². The molecule has 0 radical (unpaired) electrons. The number of halogens is 2. The van der Waals surface area contributed by atoms with Crippen molar-refractivity contribution in [1.29, 1.82) is 0 Å². The summed E-state index contributed by atoms with van der Waals surface area (Å²) in [4.78, 5) is 7.05. The van der Waals surface area contributed by atoms with Crippen molar-refractivity contribution in [1.82, 2.24) is 15.5 Å². The fourth-order valence-electron chi connectivity index (χ4n) is 3.10. The first-order valence-corrected chi connectivity index (χ1v) is 10.0. The lowest BCUT2D eigenvalue weighted by Gasteiger charge is -2.25. The van der Waals surface area contributed by atoms with Crippen LogP contribution in [0.25, 0.3) is 0 Å². The molecule has 9 heteroatoms. The van der Waals surface area contributed by atoms with Gasteiger partial charge in [-0.05, 0) is 31.0 Å². The maximum Gasteiger partial charge on any atom is 0.191 e. The molecule has 0 saturated carbocycles. The maximum atomic E-state index is 6.31. The molecule has 0 spiro atoms. The molecule has 2 aliphatic heterocycles. The second-order valence-electron chi connectivity index (χ2n) is 6.49. The minimum absolute atomic E-state index is 0. The summed E-state index contributed by atoms with van der Waals surface area (Å²) in [6.07, 6.45) is 0.824. The van der Waals surface area contributed by atoms with Crippen LogP contribution in [-0.2, 0) is 11.2 Å². The number of aliphatic imine (C=N–C) groups is 1. The first-order chi connectivity index (χ1) is 13.3. The summed E-state index contributed by atoms with van der Waals surface area (Å²) >= 11 is 6.31. The molecule has 0 aromatic heterocycles. The van der Waals surface area contributed by atoms with Crippen LogP contribution >= 0.6 is 35.6 Å². The number of benzene rings is 1. The van der Waals surface area contributed by atoms with E-state index >= 15 is 0 Å². The van der Waals surface area contributed by atoms with E-state index in [1.165, 1.54) is 0 Å². The molecule has 158 valence electrons. The lowest BCUT2D eigenvalue weighted by Crippen LogP contribution is -2.40. The summed E-state index contributed by atoms with van der Waals surface area (Å²) in [6.45, 7) is 10.1. The van der Waals surface area contributed by atoms with Gasteiger partial charge >= 0.3 is 0 Å². The largest absolute Gasteiger partial charge is 0.486 e. The van der Waals surface area contributed by atoms with Crippen molar-refractivity contribution in [2.24, 2.45) is 4.99 Å².